The molecule has 5 nitrogen and oxygen atoms in total. The predicted octanol–water partition coefficient (Wildman–Crippen LogP) is 2.37. The van der Waals surface area contributed by atoms with E-state index in [1.807, 2.05) is 25.1 Å². The zero-order valence-corrected chi connectivity index (χ0v) is 10.3. The maximum absolute atomic E-state index is 10.4. The number of imidazole rings is 1. The second kappa shape index (κ2) is 5.53. The molecule has 0 saturated heterocycles. The molecule has 0 amide bonds. The minimum atomic E-state index is -0.773. The summed E-state index contributed by atoms with van der Waals surface area (Å²) in [5, 5.41) is 8.58. The number of rotatable bonds is 6. The third-order valence-electron chi connectivity index (χ3n) is 2.62. The Labute approximate surface area is 105 Å². The molecule has 2 rings (SSSR count). The van der Waals surface area contributed by atoms with Crippen LogP contribution in [-0.2, 0) is 11.2 Å². The first-order valence-corrected chi connectivity index (χ1v) is 6.02. The number of hydrogen-bond donors (Lipinski definition) is 2. The van der Waals surface area contributed by atoms with Crippen molar-refractivity contribution in [1.82, 2.24) is 9.97 Å². The molecular formula is C13H16N2O3. The van der Waals surface area contributed by atoms with Gasteiger partial charge in [0.2, 0.25) is 0 Å². The topological polar surface area (TPSA) is 75.2 Å². The summed E-state index contributed by atoms with van der Waals surface area (Å²) < 4.78 is 5.41. The summed E-state index contributed by atoms with van der Waals surface area (Å²) in [5.41, 5.74) is 1.80. The summed E-state index contributed by atoms with van der Waals surface area (Å²) in [6, 6.07) is 5.69. The highest BCUT2D eigenvalue weighted by molar-refractivity contribution is 5.76. The van der Waals surface area contributed by atoms with Crippen LogP contribution < -0.4 is 4.74 Å². The van der Waals surface area contributed by atoms with Crippen molar-refractivity contribution in [2.75, 3.05) is 6.61 Å². The average molecular weight is 248 g/mol. The molecular weight excluding hydrogens is 232 g/mol. The van der Waals surface area contributed by atoms with Crippen molar-refractivity contribution in [2.24, 2.45) is 0 Å². The highest BCUT2D eigenvalue weighted by Crippen LogP contribution is 2.19. The molecule has 1 aromatic heterocycles. The van der Waals surface area contributed by atoms with Gasteiger partial charge in [0.15, 0.2) is 0 Å². The molecule has 96 valence electrons. The average Bonchev–Trinajstić information content (AvgIpc) is 2.71. The van der Waals surface area contributed by atoms with E-state index in [4.69, 9.17) is 9.84 Å². The Morgan fingerprint density at radius 2 is 2.33 bits per heavy atom. The van der Waals surface area contributed by atoms with Crippen LogP contribution in [0.2, 0.25) is 0 Å². The zero-order chi connectivity index (χ0) is 13.0. The van der Waals surface area contributed by atoms with Gasteiger partial charge in [-0.2, -0.15) is 0 Å². The molecule has 1 aromatic carbocycles. The lowest BCUT2D eigenvalue weighted by Gasteiger charge is -2.00. The van der Waals surface area contributed by atoms with Gasteiger partial charge in [-0.15, -0.1) is 0 Å². The fourth-order valence-electron chi connectivity index (χ4n) is 1.82. The van der Waals surface area contributed by atoms with E-state index < -0.39 is 5.97 Å². The number of aromatic amines is 1. The van der Waals surface area contributed by atoms with Gasteiger partial charge in [0.05, 0.1) is 17.6 Å². The second-order valence-corrected chi connectivity index (χ2v) is 4.04. The van der Waals surface area contributed by atoms with E-state index in [0.29, 0.717) is 19.4 Å². The Morgan fingerprint density at radius 3 is 3.06 bits per heavy atom. The normalized spacial score (nSPS) is 10.7. The molecule has 0 aliphatic rings. The smallest absolute Gasteiger partial charge is 0.303 e. The molecule has 5 heteroatoms. The number of carboxylic acids is 1. The number of fused-ring (bicyclic) bond motifs is 1. The molecule has 0 unspecified atom stereocenters. The van der Waals surface area contributed by atoms with Crippen molar-refractivity contribution in [3.8, 4) is 5.75 Å². The largest absolute Gasteiger partial charge is 0.494 e. The van der Waals surface area contributed by atoms with Crippen LogP contribution in [0.25, 0.3) is 11.0 Å². The lowest BCUT2D eigenvalue weighted by atomic mass is 10.2. The van der Waals surface area contributed by atoms with Gasteiger partial charge >= 0.3 is 5.97 Å². The molecule has 18 heavy (non-hydrogen) atoms. The minimum Gasteiger partial charge on any atom is -0.494 e. The number of nitrogens with one attached hydrogen (secondary N) is 1. The first kappa shape index (κ1) is 12.4. The monoisotopic (exact) mass is 248 g/mol. The van der Waals surface area contributed by atoms with Crippen molar-refractivity contribution in [2.45, 2.75) is 26.2 Å². The van der Waals surface area contributed by atoms with Gasteiger partial charge in [-0.1, -0.05) is 0 Å². The number of nitrogens with zero attached hydrogens (tertiary/aromatic N) is 1. The first-order chi connectivity index (χ1) is 8.69. The second-order valence-electron chi connectivity index (χ2n) is 4.04. The highest BCUT2D eigenvalue weighted by Gasteiger charge is 2.05. The van der Waals surface area contributed by atoms with Gasteiger partial charge in [-0.25, -0.2) is 4.98 Å². The Hall–Kier alpha value is -2.04. The highest BCUT2D eigenvalue weighted by atomic mass is 16.5. The van der Waals surface area contributed by atoms with E-state index in [2.05, 4.69) is 9.97 Å². The number of aromatic nitrogens is 2. The van der Waals surface area contributed by atoms with E-state index >= 15 is 0 Å². The lowest BCUT2D eigenvalue weighted by molar-refractivity contribution is -0.137. The summed E-state index contributed by atoms with van der Waals surface area (Å²) >= 11 is 0. The summed E-state index contributed by atoms with van der Waals surface area (Å²) in [6.07, 6.45) is 1.40. The lowest BCUT2D eigenvalue weighted by Crippen LogP contribution is -1.96. The van der Waals surface area contributed by atoms with E-state index in [1.54, 1.807) is 0 Å². The molecule has 2 aromatic rings. The molecule has 0 radical (unpaired) electrons. The molecule has 0 aliphatic heterocycles. The Bertz CT molecular complexity index is 548. The van der Waals surface area contributed by atoms with Crippen LogP contribution in [0.5, 0.6) is 5.75 Å². The van der Waals surface area contributed by atoms with Crippen LogP contribution in [0.1, 0.15) is 25.6 Å². The van der Waals surface area contributed by atoms with Crippen LogP contribution in [0.3, 0.4) is 0 Å². The van der Waals surface area contributed by atoms with Gasteiger partial charge < -0.3 is 14.8 Å². The van der Waals surface area contributed by atoms with Crippen LogP contribution in [0, 0.1) is 0 Å². The summed E-state index contributed by atoms with van der Waals surface area (Å²) in [4.78, 5) is 18.0. The maximum atomic E-state index is 10.4. The van der Waals surface area contributed by atoms with Crippen LogP contribution in [0.4, 0.5) is 0 Å². The van der Waals surface area contributed by atoms with E-state index in [9.17, 15) is 4.79 Å². The number of aryl methyl sites for hydroxylation is 1. The van der Waals surface area contributed by atoms with Crippen molar-refractivity contribution in [3.63, 3.8) is 0 Å². The molecule has 0 aliphatic carbocycles. The molecule has 0 fully saturated rings. The fourth-order valence-corrected chi connectivity index (χ4v) is 1.82. The number of benzene rings is 1. The van der Waals surface area contributed by atoms with Crippen LogP contribution >= 0.6 is 0 Å². The molecule has 0 saturated carbocycles. The third kappa shape index (κ3) is 3.00. The van der Waals surface area contributed by atoms with Crippen molar-refractivity contribution >= 4 is 17.0 Å². The van der Waals surface area contributed by atoms with Gasteiger partial charge in [0.25, 0.3) is 0 Å². The third-order valence-corrected chi connectivity index (χ3v) is 2.62. The van der Waals surface area contributed by atoms with E-state index in [-0.39, 0.29) is 6.42 Å². The minimum absolute atomic E-state index is 0.168. The number of aliphatic carboxylic acids is 1. The van der Waals surface area contributed by atoms with Crippen molar-refractivity contribution < 1.29 is 14.6 Å². The summed E-state index contributed by atoms with van der Waals surface area (Å²) in [6.45, 7) is 2.57. The fraction of sp³-hybridized carbons (Fsp3) is 0.385. The number of carbonyl (C=O) groups is 1. The SMILES string of the molecule is CCOc1ccc2nc(CCCC(=O)O)[nH]c2c1. The van der Waals surface area contributed by atoms with Crippen molar-refractivity contribution in [1.29, 1.82) is 0 Å². The van der Waals surface area contributed by atoms with Crippen molar-refractivity contribution in [3.05, 3.63) is 24.0 Å². The first-order valence-electron chi connectivity index (χ1n) is 6.02. The number of ether oxygens (including phenoxy) is 1. The summed E-state index contributed by atoms with van der Waals surface area (Å²) in [7, 11) is 0. The maximum Gasteiger partial charge on any atom is 0.303 e. The quantitative estimate of drug-likeness (QED) is 0.823. The van der Waals surface area contributed by atoms with E-state index in [1.165, 1.54) is 0 Å². The predicted molar refractivity (Wildman–Crippen MR) is 67.8 cm³/mol. The number of hydrogen-bond acceptors (Lipinski definition) is 3. The van der Waals surface area contributed by atoms with Gasteiger partial charge in [-0.3, -0.25) is 4.79 Å². The summed E-state index contributed by atoms with van der Waals surface area (Å²) in [5.74, 6) is 0.857. The molecule has 1 heterocycles. The number of H-pyrrole nitrogens is 1. The Morgan fingerprint density at radius 1 is 1.50 bits per heavy atom. The molecule has 0 atom stereocenters. The number of carboxylic acid groups (broad SMARTS) is 1. The molecule has 0 spiro atoms. The van der Waals surface area contributed by atoms with Crippen LogP contribution in [-0.4, -0.2) is 27.7 Å². The van der Waals surface area contributed by atoms with Gasteiger partial charge in [-0.05, 0) is 25.5 Å². The van der Waals surface area contributed by atoms with Gasteiger partial charge in [0, 0.05) is 18.9 Å². The van der Waals surface area contributed by atoms with Gasteiger partial charge in [0.1, 0.15) is 11.6 Å². The van der Waals surface area contributed by atoms with E-state index in [0.717, 1.165) is 22.6 Å². The van der Waals surface area contributed by atoms with Crippen LogP contribution in [0.15, 0.2) is 18.2 Å². The molecule has 2 N–H and O–H groups in total. The standard InChI is InChI=1S/C13H16N2O3/c1-2-18-9-6-7-10-11(8-9)15-12(14-10)4-3-5-13(16)17/h6-8H,2-5H2,1H3,(H,14,15)(H,16,17). The Kier molecular flexibility index (Phi) is 3.82. The Balaban J connectivity index is 2.09. The molecule has 0 bridgehead atoms. The zero-order valence-electron chi connectivity index (χ0n) is 10.3.